The van der Waals surface area contributed by atoms with Crippen LogP contribution in [0.1, 0.15) is 5.56 Å². The first-order valence-electron chi connectivity index (χ1n) is 9.59. The summed E-state index contributed by atoms with van der Waals surface area (Å²) in [5.41, 5.74) is 1.83. The summed E-state index contributed by atoms with van der Waals surface area (Å²) in [6.07, 6.45) is 1.91. The van der Waals surface area contributed by atoms with Crippen LogP contribution in [0.25, 0.3) is 4.85 Å². The van der Waals surface area contributed by atoms with Crippen LogP contribution in [0.15, 0.2) is 60.8 Å². The summed E-state index contributed by atoms with van der Waals surface area (Å²) in [5, 5.41) is 2.95. The quantitative estimate of drug-likeness (QED) is 0.550. The van der Waals surface area contributed by atoms with Crippen molar-refractivity contribution in [3.63, 3.8) is 0 Å². The molecule has 31 heavy (non-hydrogen) atoms. The van der Waals surface area contributed by atoms with Crippen molar-refractivity contribution in [1.29, 1.82) is 0 Å². The molecule has 0 spiro atoms. The molecular weight excluding hydrogens is 399 g/mol. The van der Waals surface area contributed by atoms with Crippen LogP contribution in [-0.4, -0.2) is 35.7 Å². The number of ether oxygens (including phenoxy) is 2. The second kappa shape index (κ2) is 8.71. The molecule has 1 amide bonds. The van der Waals surface area contributed by atoms with Crippen LogP contribution >= 0.6 is 0 Å². The number of rotatable bonds is 6. The lowest BCUT2D eigenvalue weighted by Gasteiger charge is -2.16. The topological polar surface area (TPSA) is 68.0 Å². The van der Waals surface area contributed by atoms with Gasteiger partial charge >= 0.3 is 6.09 Å². The monoisotopic (exact) mass is 418 g/mol. The number of nitrogens with zero attached hydrogens (tertiary/aromatic N) is 3. The highest BCUT2D eigenvalue weighted by molar-refractivity contribution is 5.71. The molecule has 8 heteroatoms. The summed E-state index contributed by atoms with van der Waals surface area (Å²) >= 11 is 0. The Morgan fingerprint density at radius 1 is 1.29 bits per heavy atom. The lowest BCUT2D eigenvalue weighted by molar-refractivity contribution is 0.163. The van der Waals surface area contributed by atoms with Crippen molar-refractivity contribution < 1.29 is 18.7 Å². The SMILES string of the molecule is [C-]#[N+]c1cccnc1Nc1ccc(Oc2ccc(C[C@H]3COC(=O)N3C)cc2)c(F)c1. The molecule has 1 aliphatic rings. The zero-order valence-corrected chi connectivity index (χ0v) is 16.7. The van der Waals surface area contributed by atoms with E-state index in [9.17, 15) is 9.18 Å². The van der Waals surface area contributed by atoms with E-state index >= 15 is 0 Å². The van der Waals surface area contributed by atoms with Gasteiger partial charge in [-0.25, -0.2) is 14.0 Å². The van der Waals surface area contributed by atoms with Gasteiger partial charge in [-0.2, -0.15) is 0 Å². The number of benzene rings is 2. The van der Waals surface area contributed by atoms with E-state index in [0.717, 1.165) is 5.56 Å². The van der Waals surface area contributed by atoms with Crippen molar-refractivity contribution in [2.75, 3.05) is 19.0 Å². The molecule has 0 unspecified atom stereocenters. The molecule has 4 rings (SSSR count). The largest absolute Gasteiger partial charge is 0.454 e. The van der Waals surface area contributed by atoms with Crippen LogP contribution in [0.3, 0.4) is 0 Å². The minimum atomic E-state index is -0.544. The van der Waals surface area contributed by atoms with Crippen LogP contribution < -0.4 is 10.1 Å². The van der Waals surface area contributed by atoms with E-state index in [1.165, 1.54) is 12.1 Å². The number of halogens is 1. The summed E-state index contributed by atoms with van der Waals surface area (Å²) in [7, 11) is 1.72. The number of anilines is 2. The normalized spacial score (nSPS) is 15.3. The molecule has 3 aromatic rings. The number of aromatic nitrogens is 1. The molecule has 1 N–H and O–H groups in total. The number of carbonyl (C=O) groups excluding carboxylic acids is 1. The number of hydrogen-bond donors (Lipinski definition) is 1. The number of carbonyl (C=O) groups is 1. The minimum Gasteiger partial charge on any atom is -0.454 e. The van der Waals surface area contributed by atoms with E-state index in [4.69, 9.17) is 16.0 Å². The second-order valence-electron chi connectivity index (χ2n) is 7.04. The molecule has 0 saturated carbocycles. The first kappa shape index (κ1) is 20.2. The molecule has 2 heterocycles. The van der Waals surface area contributed by atoms with E-state index in [0.29, 0.717) is 36.0 Å². The average Bonchev–Trinajstić information content (AvgIpc) is 3.09. The van der Waals surface area contributed by atoms with E-state index < -0.39 is 5.82 Å². The Balaban J connectivity index is 1.41. The fourth-order valence-corrected chi connectivity index (χ4v) is 3.20. The number of pyridine rings is 1. The van der Waals surface area contributed by atoms with Gasteiger partial charge in [0.1, 0.15) is 18.2 Å². The molecule has 2 aromatic carbocycles. The maximum absolute atomic E-state index is 14.6. The molecule has 1 atom stereocenters. The molecule has 1 fully saturated rings. The molecule has 1 saturated heterocycles. The van der Waals surface area contributed by atoms with Crippen LogP contribution in [-0.2, 0) is 11.2 Å². The van der Waals surface area contributed by atoms with E-state index in [2.05, 4.69) is 15.1 Å². The fourth-order valence-electron chi connectivity index (χ4n) is 3.20. The Kier molecular flexibility index (Phi) is 5.67. The predicted octanol–water partition coefficient (Wildman–Crippen LogP) is 5.30. The van der Waals surface area contributed by atoms with Gasteiger partial charge in [-0.05, 0) is 36.2 Å². The van der Waals surface area contributed by atoms with E-state index in [1.54, 1.807) is 48.5 Å². The van der Waals surface area contributed by atoms with E-state index in [1.807, 2.05) is 12.1 Å². The van der Waals surface area contributed by atoms with Crippen molar-refractivity contribution in [2.45, 2.75) is 12.5 Å². The summed E-state index contributed by atoms with van der Waals surface area (Å²) in [4.78, 5) is 20.5. The first-order chi connectivity index (χ1) is 15.0. The van der Waals surface area contributed by atoms with Gasteiger partial charge in [-0.1, -0.05) is 24.3 Å². The van der Waals surface area contributed by atoms with Crippen LogP contribution in [0.4, 0.5) is 26.4 Å². The summed E-state index contributed by atoms with van der Waals surface area (Å²) in [5.74, 6) is 0.397. The predicted molar refractivity (Wildman–Crippen MR) is 113 cm³/mol. The van der Waals surface area contributed by atoms with Crippen molar-refractivity contribution in [3.8, 4) is 11.5 Å². The fraction of sp³-hybridized carbons (Fsp3) is 0.174. The highest BCUT2D eigenvalue weighted by Crippen LogP contribution is 2.30. The van der Waals surface area contributed by atoms with Gasteiger partial charge in [0.15, 0.2) is 11.6 Å². The van der Waals surface area contributed by atoms with Gasteiger partial charge in [0.05, 0.1) is 12.6 Å². The van der Waals surface area contributed by atoms with Crippen LogP contribution in [0.2, 0.25) is 0 Å². The number of hydrogen-bond acceptors (Lipinski definition) is 5. The van der Waals surface area contributed by atoms with Crippen molar-refractivity contribution in [3.05, 3.63) is 83.6 Å². The minimum absolute atomic E-state index is 0.000713. The van der Waals surface area contributed by atoms with Crippen LogP contribution in [0.5, 0.6) is 11.5 Å². The zero-order valence-electron chi connectivity index (χ0n) is 16.7. The summed E-state index contributed by atoms with van der Waals surface area (Å²) in [6.45, 7) is 7.55. The molecule has 0 radical (unpaired) electrons. The van der Waals surface area contributed by atoms with Crippen LogP contribution in [0, 0.1) is 12.4 Å². The molecular formula is C23H19FN4O3. The van der Waals surface area contributed by atoms with E-state index in [-0.39, 0.29) is 17.9 Å². The highest BCUT2D eigenvalue weighted by atomic mass is 19.1. The molecule has 7 nitrogen and oxygen atoms in total. The Morgan fingerprint density at radius 3 is 2.77 bits per heavy atom. The standard InChI is InChI=1S/C23H19FN4O3/c1-25-20-4-3-11-26-22(20)27-16-7-10-21(19(24)13-16)31-18-8-5-15(6-9-18)12-17-14-30-23(29)28(17)2/h3-11,13,17H,12,14H2,2H3,(H,26,27)/t17-/m0/s1. The number of likely N-dealkylation sites (N-methyl/N-ethyl adjacent to an activating group) is 1. The Bertz CT molecular complexity index is 1140. The van der Waals surface area contributed by atoms with Gasteiger partial charge in [0, 0.05) is 25.0 Å². The third-order valence-corrected chi connectivity index (χ3v) is 4.96. The first-order valence-corrected chi connectivity index (χ1v) is 9.59. The van der Waals surface area contributed by atoms with Crippen molar-refractivity contribution in [1.82, 2.24) is 9.88 Å². The van der Waals surface area contributed by atoms with Gasteiger partial charge in [-0.3, -0.25) is 4.98 Å². The summed E-state index contributed by atoms with van der Waals surface area (Å²) < 4.78 is 25.2. The van der Waals surface area contributed by atoms with Crippen molar-refractivity contribution >= 4 is 23.3 Å². The molecule has 0 bridgehead atoms. The Hall–Kier alpha value is -4.12. The molecule has 1 aromatic heterocycles. The molecule has 1 aliphatic heterocycles. The third kappa shape index (κ3) is 4.56. The zero-order chi connectivity index (χ0) is 21.8. The average molecular weight is 418 g/mol. The Morgan fingerprint density at radius 2 is 2.10 bits per heavy atom. The van der Waals surface area contributed by atoms with Gasteiger partial charge in [-0.15, -0.1) is 0 Å². The third-order valence-electron chi connectivity index (χ3n) is 4.96. The number of nitrogens with one attached hydrogen (secondary N) is 1. The smallest absolute Gasteiger partial charge is 0.409 e. The van der Waals surface area contributed by atoms with Gasteiger partial charge < -0.3 is 19.7 Å². The maximum Gasteiger partial charge on any atom is 0.409 e. The molecule has 0 aliphatic carbocycles. The lowest BCUT2D eigenvalue weighted by Crippen LogP contribution is -2.30. The van der Waals surface area contributed by atoms with Gasteiger partial charge in [0.2, 0.25) is 5.69 Å². The number of cyclic esters (lactones) is 1. The lowest BCUT2D eigenvalue weighted by atomic mass is 10.1. The second-order valence-corrected chi connectivity index (χ2v) is 7.04. The maximum atomic E-state index is 14.6. The van der Waals surface area contributed by atoms with Crippen molar-refractivity contribution in [2.24, 2.45) is 0 Å². The number of amides is 1. The Labute approximate surface area is 178 Å². The molecule has 156 valence electrons. The summed E-state index contributed by atoms with van der Waals surface area (Å²) in [6, 6.07) is 15.0. The highest BCUT2D eigenvalue weighted by Gasteiger charge is 2.29. The van der Waals surface area contributed by atoms with Gasteiger partial charge in [0.25, 0.3) is 0 Å².